The molecule has 3 N–H and O–H groups in total. The van der Waals surface area contributed by atoms with Crippen molar-refractivity contribution in [2.45, 2.75) is 69.9 Å². The Kier molecular flexibility index (Phi) is 3.14. The van der Waals surface area contributed by atoms with Crippen molar-refractivity contribution < 1.29 is 23.7 Å². The molecular formula is C12H22N2O5. The molecule has 0 bridgehead atoms. The fourth-order valence-electron chi connectivity index (χ4n) is 2.92. The molecule has 5 atom stereocenters. The van der Waals surface area contributed by atoms with Gasteiger partial charge in [-0.25, -0.2) is 0 Å². The van der Waals surface area contributed by atoms with Gasteiger partial charge in [-0.05, 0) is 27.7 Å². The van der Waals surface area contributed by atoms with E-state index in [4.69, 9.17) is 29.5 Å². The number of hydrogen-bond acceptors (Lipinski definition) is 7. The summed E-state index contributed by atoms with van der Waals surface area (Å²) in [6.45, 7) is 7.94. The maximum Gasteiger partial charge on any atom is 0.189 e. The molecule has 3 heterocycles. The van der Waals surface area contributed by atoms with Crippen molar-refractivity contribution in [3.8, 4) is 0 Å². The van der Waals surface area contributed by atoms with Crippen LogP contribution in [0.25, 0.3) is 0 Å². The molecule has 3 aliphatic rings. The lowest BCUT2D eigenvalue weighted by Gasteiger charge is -2.28. The maximum absolute atomic E-state index is 5.91. The van der Waals surface area contributed by atoms with Crippen LogP contribution in [0.5, 0.6) is 0 Å². The molecule has 0 aromatic rings. The highest BCUT2D eigenvalue weighted by Crippen LogP contribution is 2.40. The van der Waals surface area contributed by atoms with Crippen LogP contribution >= 0.6 is 0 Å². The van der Waals surface area contributed by atoms with Gasteiger partial charge in [-0.3, -0.25) is 11.3 Å². The molecule has 3 fully saturated rings. The van der Waals surface area contributed by atoms with Crippen LogP contribution in [0, 0.1) is 0 Å². The van der Waals surface area contributed by atoms with Gasteiger partial charge in [0.25, 0.3) is 0 Å². The van der Waals surface area contributed by atoms with Crippen LogP contribution < -0.4 is 11.3 Å². The highest BCUT2D eigenvalue weighted by molar-refractivity contribution is 5.00. The first kappa shape index (κ1) is 13.7. The first-order chi connectivity index (χ1) is 8.81. The molecule has 0 amide bonds. The Morgan fingerprint density at radius 3 is 2.32 bits per heavy atom. The lowest BCUT2D eigenvalue weighted by molar-refractivity contribution is -0.223. The van der Waals surface area contributed by atoms with Crippen LogP contribution in [0.4, 0.5) is 0 Å². The largest absolute Gasteiger partial charge is 0.348 e. The summed E-state index contributed by atoms with van der Waals surface area (Å²) in [4.78, 5) is 0. The molecule has 0 aliphatic carbocycles. The normalized spacial score (nSPS) is 47.5. The van der Waals surface area contributed by atoms with Crippen LogP contribution in [-0.4, -0.2) is 48.8 Å². The highest BCUT2D eigenvalue weighted by atomic mass is 16.8. The van der Waals surface area contributed by atoms with Gasteiger partial charge in [-0.2, -0.15) is 0 Å². The molecule has 0 radical (unpaired) electrons. The minimum Gasteiger partial charge on any atom is -0.348 e. The Morgan fingerprint density at radius 1 is 1.00 bits per heavy atom. The van der Waals surface area contributed by atoms with Gasteiger partial charge in [0.1, 0.15) is 18.3 Å². The standard InChI is InChI=1S/C12H22N2O5/c1-11(2)15-5-6(17-11)8-7(14-13)9-10(16-8)19-12(3,4)18-9/h6-10,14H,5,13H2,1-4H3/t6-,7-,8-,9+,10-/m0/s1. The number of hydrazine groups is 1. The number of nitrogens with two attached hydrogens (primary N) is 1. The quantitative estimate of drug-likeness (QED) is 0.535. The predicted molar refractivity (Wildman–Crippen MR) is 64.7 cm³/mol. The zero-order valence-electron chi connectivity index (χ0n) is 11.7. The summed E-state index contributed by atoms with van der Waals surface area (Å²) in [7, 11) is 0. The van der Waals surface area contributed by atoms with Crippen LogP contribution in [0.1, 0.15) is 27.7 Å². The van der Waals surface area contributed by atoms with E-state index in [1.165, 1.54) is 0 Å². The summed E-state index contributed by atoms with van der Waals surface area (Å²) in [6.07, 6.45) is -1.10. The van der Waals surface area contributed by atoms with Gasteiger partial charge in [-0.15, -0.1) is 0 Å². The first-order valence-electron chi connectivity index (χ1n) is 6.60. The van der Waals surface area contributed by atoms with Gasteiger partial charge in [-0.1, -0.05) is 0 Å². The minimum atomic E-state index is -0.651. The Labute approximate surface area is 112 Å². The summed E-state index contributed by atoms with van der Waals surface area (Å²) in [6, 6.07) is -0.186. The Hall–Kier alpha value is -0.280. The van der Waals surface area contributed by atoms with E-state index in [1.807, 2.05) is 27.7 Å². The second-order valence-corrected chi connectivity index (χ2v) is 6.13. The van der Waals surface area contributed by atoms with E-state index >= 15 is 0 Å². The van der Waals surface area contributed by atoms with E-state index < -0.39 is 17.9 Å². The molecule has 0 saturated carbocycles. The zero-order chi connectivity index (χ0) is 13.8. The van der Waals surface area contributed by atoms with E-state index in [1.54, 1.807) is 0 Å². The van der Waals surface area contributed by atoms with Crippen LogP contribution in [-0.2, 0) is 23.7 Å². The van der Waals surface area contributed by atoms with Crippen molar-refractivity contribution in [3.63, 3.8) is 0 Å². The van der Waals surface area contributed by atoms with Gasteiger partial charge in [0, 0.05) is 0 Å². The molecule has 7 nitrogen and oxygen atoms in total. The lowest BCUT2D eigenvalue weighted by Crippen LogP contribution is -2.53. The van der Waals surface area contributed by atoms with Crippen molar-refractivity contribution in [3.05, 3.63) is 0 Å². The van der Waals surface area contributed by atoms with Crippen LogP contribution in [0.3, 0.4) is 0 Å². The topological polar surface area (TPSA) is 84.2 Å². The summed E-state index contributed by atoms with van der Waals surface area (Å²) in [5.74, 6) is 4.40. The number of nitrogens with one attached hydrogen (secondary N) is 1. The first-order valence-corrected chi connectivity index (χ1v) is 6.60. The second-order valence-electron chi connectivity index (χ2n) is 6.13. The molecule has 19 heavy (non-hydrogen) atoms. The third-order valence-electron chi connectivity index (χ3n) is 3.68. The van der Waals surface area contributed by atoms with Gasteiger partial charge in [0.15, 0.2) is 17.9 Å². The molecule has 3 rings (SSSR count). The van der Waals surface area contributed by atoms with Crippen LogP contribution in [0.2, 0.25) is 0 Å². The molecule has 0 aromatic heterocycles. The van der Waals surface area contributed by atoms with E-state index in [-0.39, 0.29) is 24.4 Å². The molecule has 3 saturated heterocycles. The molecule has 0 aromatic carbocycles. The van der Waals surface area contributed by atoms with E-state index in [9.17, 15) is 0 Å². The predicted octanol–water partition coefficient (Wildman–Crippen LogP) is -0.154. The summed E-state index contributed by atoms with van der Waals surface area (Å²) < 4.78 is 28.8. The highest BCUT2D eigenvalue weighted by Gasteiger charge is 2.57. The van der Waals surface area contributed by atoms with Crippen molar-refractivity contribution in [1.29, 1.82) is 0 Å². The molecule has 3 aliphatic heterocycles. The monoisotopic (exact) mass is 274 g/mol. The molecule has 0 spiro atoms. The Morgan fingerprint density at radius 2 is 1.74 bits per heavy atom. The second kappa shape index (κ2) is 4.36. The molecule has 0 unspecified atom stereocenters. The van der Waals surface area contributed by atoms with Gasteiger partial charge in [0.2, 0.25) is 0 Å². The molecule has 110 valence electrons. The smallest absolute Gasteiger partial charge is 0.189 e. The third-order valence-corrected chi connectivity index (χ3v) is 3.68. The number of rotatable bonds is 2. The van der Waals surface area contributed by atoms with Gasteiger partial charge < -0.3 is 23.7 Å². The SMILES string of the molecule is CC1(C)O[C@@H]2O[C@@H]([C@@H]3COC(C)(C)O3)[C@H](NN)[C@H]2O1. The minimum absolute atomic E-state index is 0.183. The summed E-state index contributed by atoms with van der Waals surface area (Å²) in [5, 5.41) is 0. The van der Waals surface area contributed by atoms with Gasteiger partial charge >= 0.3 is 0 Å². The number of hydrogen-bond donors (Lipinski definition) is 2. The van der Waals surface area contributed by atoms with E-state index in [0.717, 1.165) is 0 Å². The van der Waals surface area contributed by atoms with E-state index in [2.05, 4.69) is 5.43 Å². The third kappa shape index (κ3) is 2.40. The molecular weight excluding hydrogens is 252 g/mol. The lowest BCUT2D eigenvalue weighted by atomic mass is 10.0. The Balaban J connectivity index is 1.72. The average Bonchev–Trinajstić information content (AvgIpc) is 2.87. The van der Waals surface area contributed by atoms with Crippen LogP contribution in [0.15, 0.2) is 0 Å². The fraction of sp³-hybridized carbons (Fsp3) is 1.00. The van der Waals surface area contributed by atoms with Crippen molar-refractivity contribution >= 4 is 0 Å². The zero-order valence-corrected chi connectivity index (χ0v) is 11.7. The fourth-order valence-corrected chi connectivity index (χ4v) is 2.92. The number of fused-ring (bicyclic) bond motifs is 1. The van der Waals surface area contributed by atoms with Crippen molar-refractivity contribution in [2.75, 3.05) is 6.61 Å². The van der Waals surface area contributed by atoms with Gasteiger partial charge in [0.05, 0.1) is 12.6 Å². The van der Waals surface area contributed by atoms with Crippen molar-refractivity contribution in [1.82, 2.24) is 5.43 Å². The summed E-state index contributed by atoms with van der Waals surface area (Å²) in [5.41, 5.74) is 2.76. The van der Waals surface area contributed by atoms with E-state index in [0.29, 0.717) is 6.61 Å². The Bertz CT molecular complexity index is 362. The number of ether oxygens (including phenoxy) is 5. The average molecular weight is 274 g/mol. The molecule has 7 heteroatoms. The maximum atomic E-state index is 5.91. The van der Waals surface area contributed by atoms with Crippen molar-refractivity contribution in [2.24, 2.45) is 5.84 Å². The summed E-state index contributed by atoms with van der Waals surface area (Å²) >= 11 is 0.